The number of rotatable bonds is 5. The van der Waals surface area contributed by atoms with Crippen LogP contribution >= 0.6 is 15.9 Å². The first kappa shape index (κ1) is 18.5. The maximum absolute atomic E-state index is 12.9. The van der Waals surface area contributed by atoms with Crippen LogP contribution in [0.15, 0.2) is 76.3 Å². The summed E-state index contributed by atoms with van der Waals surface area (Å²) in [4.78, 5) is 12.9. The van der Waals surface area contributed by atoms with Crippen molar-refractivity contribution in [1.82, 2.24) is 14.2 Å². The van der Waals surface area contributed by atoms with Gasteiger partial charge in [-0.1, -0.05) is 40.2 Å². The van der Waals surface area contributed by atoms with Gasteiger partial charge in [0.2, 0.25) is 0 Å². The van der Waals surface area contributed by atoms with Crippen LogP contribution in [-0.2, 0) is 6.54 Å². The lowest BCUT2D eigenvalue weighted by Crippen LogP contribution is -2.24. The maximum Gasteiger partial charge on any atom is 0.276 e. The van der Waals surface area contributed by atoms with Gasteiger partial charge >= 0.3 is 0 Å². The van der Waals surface area contributed by atoms with Gasteiger partial charge in [0.1, 0.15) is 11.3 Å². The third-order valence-electron chi connectivity index (χ3n) is 4.57. The van der Waals surface area contributed by atoms with Gasteiger partial charge < -0.3 is 14.4 Å². The van der Waals surface area contributed by atoms with E-state index in [1.165, 1.54) is 4.57 Å². The van der Waals surface area contributed by atoms with Crippen molar-refractivity contribution in [2.75, 3.05) is 7.11 Å². The minimum Gasteiger partial charge on any atom is -0.497 e. The zero-order valence-electron chi connectivity index (χ0n) is 15.1. The third-order valence-corrected chi connectivity index (χ3v) is 5.07. The molecular formula is C21H18BrN3O3. The van der Waals surface area contributed by atoms with E-state index in [-0.39, 0.29) is 12.1 Å². The predicted molar refractivity (Wildman–Crippen MR) is 111 cm³/mol. The largest absolute Gasteiger partial charge is 0.497 e. The fourth-order valence-corrected chi connectivity index (χ4v) is 3.52. The number of nitrogens with zero attached hydrogens (tertiary/aromatic N) is 3. The van der Waals surface area contributed by atoms with Crippen LogP contribution in [0.5, 0.6) is 5.75 Å². The molecular weight excluding hydrogens is 422 g/mol. The molecule has 7 heteroatoms. The van der Waals surface area contributed by atoms with Crippen LogP contribution in [0, 0.1) is 0 Å². The molecule has 1 unspecified atom stereocenters. The topological polar surface area (TPSA) is 68.8 Å². The van der Waals surface area contributed by atoms with E-state index in [0.29, 0.717) is 11.2 Å². The number of aromatic nitrogens is 3. The molecule has 2 heterocycles. The molecule has 4 aromatic rings. The Morgan fingerprint density at radius 2 is 1.96 bits per heavy atom. The number of ether oxygens (including phenoxy) is 1. The van der Waals surface area contributed by atoms with E-state index in [1.807, 2.05) is 48.5 Å². The van der Waals surface area contributed by atoms with Gasteiger partial charge in [-0.25, -0.2) is 4.52 Å². The number of hydrogen-bond donors (Lipinski definition) is 1. The van der Waals surface area contributed by atoms with E-state index < -0.39 is 6.10 Å². The van der Waals surface area contributed by atoms with E-state index in [2.05, 4.69) is 21.0 Å². The monoisotopic (exact) mass is 439 g/mol. The quantitative estimate of drug-likeness (QED) is 0.514. The van der Waals surface area contributed by atoms with Gasteiger partial charge in [0, 0.05) is 22.4 Å². The number of benzene rings is 2. The molecule has 0 fully saturated rings. The first-order chi connectivity index (χ1) is 13.5. The second kappa shape index (κ2) is 7.61. The highest BCUT2D eigenvalue weighted by Crippen LogP contribution is 2.23. The molecule has 2 aromatic heterocycles. The Morgan fingerprint density at radius 3 is 2.75 bits per heavy atom. The standard InChI is InChI=1S/C21H18BrN3O3/c1-28-17-7-3-4-14(11-17)18-12-19-21(27)24(8-9-25(19)23-18)13-20(26)15-5-2-6-16(22)10-15/h2-12,20,26H,13H2,1H3. The lowest BCUT2D eigenvalue weighted by atomic mass is 10.1. The number of aliphatic hydroxyl groups excluding tert-OH is 1. The Morgan fingerprint density at radius 1 is 1.14 bits per heavy atom. The predicted octanol–water partition coefficient (Wildman–Crippen LogP) is 3.67. The van der Waals surface area contributed by atoms with Crippen LogP contribution in [0.25, 0.3) is 16.8 Å². The highest BCUT2D eigenvalue weighted by atomic mass is 79.9. The molecule has 0 saturated heterocycles. The van der Waals surface area contributed by atoms with Crippen LogP contribution in [0.2, 0.25) is 0 Å². The van der Waals surface area contributed by atoms with Crippen molar-refractivity contribution >= 4 is 21.4 Å². The number of hydrogen-bond acceptors (Lipinski definition) is 4. The SMILES string of the molecule is COc1cccc(-c2cc3c(=O)n(CC(O)c4cccc(Br)c4)ccn3n2)c1. The molecule has 2 aromatic carbocycles. The summed E-state index contributed by atoms with van der Waals surface area (Å²) in [7, 11) is 1.61. The zero-order chi connectivity index (χ0) is 19.7. The van der Waals surface area contributed by atoms with Crippen molar-refractivity contribution in [2.24, 2.45) is 0 Å². The van der Waals surface area contributed by atoms with Crippen LogP contribution in [0.1, 0.15) is 11.7 Å². The molecule has 0 bridgehead atoms. The van der Waals surface area contributed by atoms with E-state index in [4.69, 9.17) is 4.74 Å². The Balaban J connectivity index is 1.68. The Bertz CT molecular complexity index is 1200. The minimum absolute atomic E-state index is 0.158. The van der Waals surface area contributed by atoms with Gasteiger partial charge in [-0.05, 0) is 35.9 Å². The van der Waals surface area contributed by atoms with Crippen LogP contribution < -0.4 is 10.3 Å². The van der Waals surface area contributed by atoms with Crippen molar-refractivity contribution in [3.05, 3.63) is 87.4 Å². The van der Waals surface area contributed by atoms with Gasteiger partial charge in [-0.3, -0.25) is 4.79 Å². The molecule has 0 saturated carbocycles. The van der Waals surface area contributed by atoms with Crippen LogP contribution in [0.4, 0.5) is 0 Å². The minimum atomic E-state index is -0.793. The van der Waals surface area contributed by atoms with Crippen molar-refractivity contribution in [2.45, 2.75) is 12.6 Å². The zero-order valence-corrected chi connectivity index (χ0v) is 16.7. The fraction of sp³-hybridized carbons (Fsp3) is 0.143. The van der Waals surface area contributed by atoms with Crippen molar-refractivity contribution in [3.63, 3.8) is 0 Å². The first-order valence-electron chi connectivity index (χ1n) is 8.72. The van der Waals surface area contributed by atoms with Crippen molar-refractivity contribution in [3.8, 4) is 17.0 Å². The number of aliphatic hydroxyl groups is 1. The van der Waals surface area contributed by atoms with Gasteiger partial charge in [0.05, 0.1) is 25.5 Å². The Kier molecular flexibility index (Phi) is 5.02. The number of halogens is 1. The van der Waals surface area contributed by atoms with E-state index in [9.17, 15) is 9.90 Å². The molecule has 4 rings (SSSR count). The summed E-state index contributed by atoms with van der Waals surface area (Å²) >= 11 is 3.40. The molecule has 1 N–H and O–H groups in total. The van der Waals surface area contributed by atoms with Crippen molar-refractivity contribution < 1.29 is 9.84 Å². The highest BCUT2D eigenvalue weighted by Gasteiger charge is 2.13. The summed E-state index contributed by atoms with van der Waals surface area (Å²) < 4.78 is 9.19. The Labute approximate surface area is 169 Å². The molecule has 1 atom stereocenters. The maximum atomic E-state index is 12.9. The summed E-state index contributed by atoms with van der Waals surface area (Å²) in [5.41, 5.74) is 2.52. The molecule has 0 aliphatic rings. The second-order valence-electron chi connectivity index (χ2n) is 6.42. The molecule has 0 aliphatic heterocycles. The molecule has 0 radical (unpaired) electrons. The first-order valence-corrected chi connectivity index (χ1v) is 9.51. The smallest absolute Gasteiger partial charge is 0.276 e. The molecule has 0 spiro atoms. The van der Waals surface area contributed by atoms with Gasteiger partial charge in [0.15, 0.2) is 0 Å². The summed E-state index contributed by atoms with van der Waals surface area (Å²) in [5, 5.41) is 15.0. The lowest BCUT2D eigenvalue weighted by molar-refractivity contribution is 0.155. The van der Waals surface area contributed by atoms with E-state index in [1.54, 1.807) is 30.1 Å². The molecule has 6 nitrogen and oxygen atoms in total. The van der Waals surface area contributed by atoms with E-state index in [0.717, 1.165) is 21.3 Å². The highest BCUT2D eigenvalue weighted by molar-refractivity contribution is 9.10. The van der Waals surface area contributed by atoms with Gasteiger partial charge in [0.25, 0.3) is 5.56 Å². The Hall–Kier alpha value is -2.90. The summed E-state index contributed by atoms with van der Waals surface area (Å²) in [5.74, 6) is 0.726. The molecule has 0 amide bonds. The van der Waals surface area contributed by atoms with Gasteiger partial charge in [-0.2, -0.15) is 5.10 Å². The van der Waals surface area contributed by atoms with Crippen LogP contribution in [0.3, 0.4) is 0 Å². The van der Waals surface area contributed by atoms with Crippen LogP contribution in [-0.4, -0.2) is 26.4 Å². The molecule has 28 heavy (non-hydrogen) atoms. The van der Waals surface area contributed by atoms with Gasteiger partial charge in [-0.15, -0.1) is 0 Å². The molecule has 142 valence electrons. The summed E-state index contributed by atoms with van der Waals surface area (Å²) in [6.07, 6.45) is 2.56. The number of methoxy groups -OCH3 is 1. The second-order valence-corrected chi connectivity index (χ2v) is 7.33. The molecule has 0 aliphatic carbocycles. The summed E-state index contributed by atoms with van der Waals surface area (Å²) in [6.45, 7) is 0.158. The third kappa shape index (κ3) is 3.58. The average Bonchev–Trinajstić information content (AvgIpc) is 3.15. The summed E-state index contributed by atoms with van der Waals surface area (Å²) in [6, 6.07) is 16.7. The van der Waals surface area contributed by atoms with Crippen molar-refractivity contribution in [1.29, 1.82) is 0 Å². The fourth-order valence-electron chi connectivity index (χ4n) is 3.10. The lowest BCUT2D eigenvalue weighted by Gasteiger charge is -2.13. The normalized spacial score (nSPS) is 12.2. The van der Waals surface area contributed by atoms with E-state index >= 15 is 0 Å². The average molecular weight is 440 g/mol. The number of fused-ring (bicyclic) bond motifs is 1.